The average Bonchev–Trinajstić information content (AvgIpc) is 3.20. The molecule has 1 atom stereocenters. The molecule has 1 fully saturated rings. The monoisotopic (exact) mass is 403 g/mol. The van der Waals surface area contributed by atoms with Crippen LogP contribution in [0.25, 0.3) is 10.9 Å². The van der Waals surface area contributed by atoms with Crippen molar-refractivity contribution >= 4 is 28.6 Å². The van der Waals surface area contributed by atoms with Gasteiger partial charge in [0.15, 0.2) is 5.78 Å². The van der Waals surface area contributed by atoms with Crippen molar-refractivity contribution in [2.24, 2.45) is 0 Å². The van der Waals surface area contributed by atoms with Crippen LogP contribution in [0.15, 0.2) is 48.5 Å². The SMILES string of the molecule is CN1C(=O)C2Cc3c(n(Cc4ccc(C(=O)CO)cc4)c4ccccc34)CN2C1=O. The fraction of sp³-hybridized carbons (Fsp3) is 0.261. The number of Topliss-reactive ketones (excluding diaryl/α,β-unsaturated/α-hetero) is 1. The molecule has 2 aromatic carbocycles. The number of benzene rings is 2. The fourth-order valence-electron chi connectivity index (χ4n) is 4.59. The number of urea groups is 1. The van der Waals surface area contributed by atoms with E-state index in [1.165, 1.54) is 11.9 Å². The van der Waals surface area contributed by atoms with E-state index in [2.05, 4.69) is 16.7 Å². The number of nitrogens with zero attached hydrogens (tertiary/aromatic N) is 3. The molecule has 0 saturated carbocycles. The number of hydrogen-bond acceptors (Lipinski definition) is 4. The standard InChI is InChI=1S/C23H21N3O4/c1-24-22(29)19-10-17-16-4-2-3-5-18(16)25(20(17)12-26(19)23(24)30)11-14-6-8-15(9-7-14)21(28)13-27/h2-9,19,27H,10-13H2,1H3. The number of aliphatic hydroxyl groups excluding tert-OH is 1. The van der Waals surface area contributed by atoms with Crippen molar-refractivity contribution in [2.45, 2.75) is 25.6 Å². The quantitative estimate of drug-likeness (QED) is 0.535. The minimum absolute atomic E-state index is 0.147. The van der Waals surface area contributed by atoms with Crippen LogP contribution in [0.4, 0.5) is 4.79 Å². The second-order valence-corrected chi connectivity index (χ2v) is 7.83. The first-order chi connectivity index (χ1) is 14.5. The lowest BCUT2D eigenvalue weighted by atomic mass is 9.97. The van der Waals surface area contributed by atoms with E-state index >= 15 is 0 Å². The zero-order valence-corrected chi connectivity index (χ0v) is 16.5. The summed E-state index contributed by atoms with van der Waals surface area (Å²) in [7, 11) is 1.54. The fourth-order valence-corrected chi connectivity index (χ4v) is 4.59. The summed E-state index contributed by atoms with van der Waals surface area (Å²) >= 11 is 0. The number of rotatable bonds is 4. The highest BCUT2D eigenvalue weighted by molar-refractivity contribution is 6.05. The molecular formula is C23H21N3O4. The minimum atomic E-state index is -0.507. The molecule has 0 spiro atoms. The lowest BCUT2D eigenvalue weighted by Gasteiger charge is -2.28. The lowest BCUT2D eigenvalue weighted by molar-refractivity contribution is -0.127. The molecule has 7 nitrogen and oxygen atoms in total. The van der Waals surface area contributed by atoms with Crippen molar-refractivity contribution in [1.82, 2.24) is 14.4 Å². The summed E-state index contributed by atoms with van der Waals surface area (Å²) < 4.78 is 2.19. The highest BCUT2D eigenvalue weighted by atomic mass is 16.3. The Morgan fingerprint density at radius 3 is 2.57 bits per heavy atom. The summed E-state index contributed by atoms with van der Waals surface area (Å²) in [5.41, 5.74) is 4.71. The molecule has 3 heterocycles. The molecule has 3 aromatic rings. The Balaban J connectivity index is 1.57. The van der Waals surface area contributed by atoms with Crippen LogP contribution in [0.2, 0.25) is 0 Å². The normalized spacial score (nSPS) is 18.1. The van der Waals surface area contributed by atoms with Crippen LogP contribution in [0, 0.1) is 0 Å². The molecule has 30 heavy (non-hydrogen) atoms. The second kappa shape index (κ2) is 6.81. The predicted molar refractivity (Wildman–Crippen MR) is 110 cm³/mol. The number of carbonyl (C=O) groups is 3. The van der Waals surface area contributed by atoms with Gasteiger partial charge in [-0.05, 0) is 17.2 Å². The molecule has 0 radical (unpaired) electrons. The van der Waals surface area contributed by atoms with E-state index in [1.54, 1.807) is 17.0 Å². The first kappa shape index (κ1) is 18.6. The van der Waals surface area contributed by atoms with Crippen molar-refractivity contribution in [3.63, 3.8) is 0 Å². The Morgan fingerprint density at radius 1 is 1.10 bits per heavy atom. The minimum Gasteiger partial charge on any atom is -0.388 e. The summed E-state index contributed by atoms with van der Waals surface area (Å²) in [5.74, 6) is -0.454. The molecule has 1 N–H and O–H groups in total. The summed E-state index contributed by atoms with van der Waals surface area (Å²) in [5, 5.41) is 10.1. The molecule has 152 valence electrons. The maximum Gasteiger partial charge on any atom is 0.327 e. The van der Waals surface area contributed by atoms with Gasteiger partial charge in [-0.3, -0.25) is 14.5 Å². The van der Waals surface area contributed by atoms with E-state index in [0.717, 1.165) is 27.7 Å². The number of hydrogen-bond donors (Lipinski definition) is 1. The molecule has 1 unspecified atom stereocenters. The van der Waals surface area contributed by atoms with Crippen molar-refractivity contribution in [3.8, 4) is 0 Å². The number of para-hydroxylation sites is 1. The first-order valence-electron chi connectivity index (χ1n) is 9.89. The van der Waals surface area contributed by atoms with E-state index in [-0.39, 0.29) is 17.7 Å². The molecular weight excluding hydrogens is 382 g/mol. The largest absolute Gasteiger partial charge is 0.388 e. The molecule has 5 rings (SSSR count). The summed E-state index contributed by atoms with van der Waals surface area (Å²) in [6, 6.07) is 14.6. The van der Waals surface area contributed by atoms with Gasteiger partial charge in [-0.1, -0.05) is 42.5 Å². The van der Waals surface area contributed by atoms with Gasteiger partial charge in [0.1, 0.15) is 12.6 Å². The van der Waals surface area contributed by atoms with Crippen LogP contribution in [0.5, 0.6) is 0 Å². The van der Waals surface area contributed by atoms with Crippen molar-refractivity contribution in [3.05, 3.63) is 70.9 Å². The van der Waals surface area contributed by atoms with Gasteiger partial charge in [0, 0.05) is 42.2 Å². The third-order valence-corrected chi connectivity index (χ3v) is 6.20. The van der Waals surface area contributed by atoms with Gasteiger partial charge >= 0.3 is 6.03 Å². The molecule has 0 aliphatic carbocycles. The molecule has 2 aliphatic rings. The van der Waals surface area contributed by atoms with Crippen LogP contribution >= 0.6 is 0 Å². The molecule has 1 aromatic heterocycles. The predicted octanol–water partition coefficient (Wildman–Crippen LogP) is 2.18. The maximum absolute atomic E-state index is 12.5. The van der Waals surface area contributed by atoms with Gasteiger partial charge in [-0.25, -0.2) is 4.79 Å². The number of aromatic nitrogens is 1. The number of ketones is 1. The van der Waals surface area contributed by atoms with Gasteiger partial charge in [-0.15, -0.1) is 0 Å². The Morgan fingerprint density at radius 2 is 1.83 bits per heavy atom. The summed E-state index contributed by atoms with van der Waals surface area (Å²) in [4.78, 5) is 39.6. The van der Waals surface area contributed by atoms with Crippen molar-refractivity contribution in [1.29, 1.82) is 0 Å². The van der Waals surface area contributed by atoms with Crippen molar-refractivity contribution in [2.75, 3.05) is 13.7 Å². The zero-order valence-electron chi connectivity index (χ0n) is 16.5. The van der Waals surface area contributed by atoms with Crippen LogP contribution in [0.1, 0.15) is 27.2 Å². The molecule has 7 heteroatoms. The van der Waals surface area contributed by atoms with Gasteiger partial charge in [0.2, 0.25) is 0 Å². The number of aliphatic hydroxyl groups is 1. The average molecular weight is 403 g/mol. The van der Waals surface area contributed by atoms with Gasteiger partial charge in [-0.2, -0.15) is 0 Å². The van der Waals surface area contributed by atoms with Gasteiger partial charge in [0.05, 0.1) is 6.54 Å². The Bertz CT molecular complexity index is 1200. The van der Waals surface area contributed by atoms with Crippen LogP contribution in [-0.4, -0.2) is 56.9 Å². The Kier molecular flexibility index (Phi) is 4.22. The topological polar surface area (TPSA) is 82.8 Å². The summed E-state index contributed by atoms with van der Waals surface area (Å²) in [6.07, 6.45) is 0.516. The maximum atomic E-state index is 12.5. The zero-order chi connectivity index (χ0) is 21.0. The molecule has 1 saturated heterocycles. The van der Waals surface area contributed by atoms with Crippen LogP contribution in [0.3, 0.4) is 0 Å². The van der Waals surface area contributed by atoms with Crippen LogP contribution in [-0.2, 0) is 24.3 Å². The number of imide groups is 1. The Labute approximate surface area is 173 Å². The second-order valence-electron chi connectivity index (χ2n) is 7.83. The van der Waals surface area contributed by atoms with E-state index in [9.17, 15) is 14.4 Å². The molecule has 3 amide bonds. The third-order valence-electron chi connectivity index (χ3n) is 6.20. The van der Waals surface area contributed by atoms with E-state index in [0.29, 0.717) is 25.1 Å². The molecule has 2 aliphatic heterocycles. The smallest absolute Gasteiger partial charge is 0.327 e. The van der Waals surface area contributed by atoms with Crippen LogP contribution < -0.4 is 0 Å². The number of likely N-dealkylation sites (N-methyl/N-ethyl adjacent to an activating group) is 1. The number of fused-ring (bicyclic) bond motifs is 4. The molecule has 0 bridgehead atoms. The van der Waals surface area contributed by atoms with E-state index in [1.807, 2.05) is 24.3 Å². The van der Waals surface area contributed by atoms with Crippen molar-refractivity contribution < 1.29 is 19.5 Å². The highest BCUT2D eigenvalue weighted by Crippen LogP contribution is 2.36. The Hall–Kier alpha value is -3.45. The lowest BCUT2D eigenvalue weighted by Crippen LogP contribution is -2.40. The van der Waals surface area contributed by atoms with Gasteiger partial charge in [0.25, 0.3) is 5.91 Å². The summed E-state index contributed by atoms with van der Waals surface area (Å²) in [6.45, 7) is 0.470. The van der Waals surface area contributed by atoms with E-state index < -0.39 is 12.6 Å². The van der Waals surface area contributed by atoms with Gasteiger partial charge < -0.3 is 14.6 Å². The van der Waals surface area contributed by atoms with E-state index in [4.69, 9.17) is 5.11 Å². The number of amides is 3. The number of carbonyl (C=O) groups excluding carboxylic acids is 3. The third kappa shape index (κ3) is 2.66. The highest BCUT2D eigenvalue weighted by Gasteiger charge is 2.46. The first-order valence-corrected chi connectivity index (χ1v) is 9.89.